The van der Waals surface area contributed by atoms with Crippen molar-refractivity contribution in [1.82, 2.24) is 14.3 Å². The first-order valence-corrected chi connectivity index (χ1v) is 8.59. The Bertz CT molecular complexity index is 402. The van der Waals surface area contributed by atoms with Gasteiger partial charge in [0, 0.05) is 19.6 Å². The molecule has 110 valence electrons. The minimum absolute atomic E-state index is 0.198. The van der Waals surface area contributed by atoms with Crippen LogP contribution in [0.2, 0.25) is 0 Å². The van der Waals surface area contributed by atoms with Gasteiger partial charge in [0.15, 0.2) is 0 Å². The summed E-state index contributed by atoms with van der Waals surface area (Å²) in [4.78, 5) is 11.8. The first-order chi connectivity index (χ1) is 9.09. The molecule has 0 aromatic rings. The van der Waals surface area contributed by atoms with Crippen molar-refractivity contribution in [3.8, 4) is 0 Å². The second-order valence-electron chi connectivity index (χ2n) is 5.28. The van der Waals surface area contributed by atoms with E-state index in [4.69, 9.17) is 0 Å². The summed E-state index contributed by atoms with van der Waals surface area (Å²) in [5.74, 6) is -0.198. The zero-order valence-corrected chi connectivity index (χ0v) is 12.0. The molecule has 7 heteroatoms. The number of hydrogen-bond donors (Lipinski definition) is 2. The number of nitrogens with one attached hydrogen (secondary N) is 2. The van der Waals surface area contributed by atoms with Gasteiger partial charge in [-0.25, -0.2) is 0 Å². The third-order valence-corrected chi connectivity index (χ3v) is 5.36. The fourth-order valence-corrected chi connectivity index (χ4v) is 4.06. The number of carbonyl (C=O) groups is 1. The van der Waals surface area contributed by atoms with Gasteiger partial charge >= 0.3 is 0 Å². The maximum atomic E-state index is 12.3. The number of hydrogen-bond acceptors (Lipinski definition) is 3. The van der Waals surface area contributed by atoms with Crippen LogP contribution in [0, 0.1) is 0 Å². The largest absolute Gasteiger partial charge is 0.355 e. The second-order valence-corrected chi connectivity index (χ2v) is 6.98. The summed E-state index contributed by atoms with van der Waals surface area (Å²) in [6.45, 7) is 1.76. The van der Waals surface area contributed by atoms with Crippen molar-refractivity contribution in [3.05, 3.63) is 0 Å². The fourth-order valence-electron chi connectivity index (χ4n) is 2.59. The molecule has 0 bridgehead atoms. The smallest absolute Gasteiger partial charge is 0.280 e. The lowest BCUT2D eigenvalue weighted by molar-refractivity contribution is -0.122. The Labute approximate surface area is 115 Å². The zero-order valence-electron chi connectivity index (χ0n) is 11.2. The summed E-state index contributed by atoms with van der Waals surface area (Å²) < 4.78 is 28.7. The Balaban J connectivity index is 2.00. The van der Waals surface area contributed by atoms with E-state index in [1.807, 2.05) is 0 Å². The van der Waals surface area contributed by atoms with E-state index in [0.29, 0.717) is 26.1 Å². The molecule has 2 N–H and O–H groups in total. The summed E-state index contributed by atoms with van der Waals surface area (Å²) in [5, 5.41) is 2.75. The molecule has 2 rings (SSSR count). The highest BCUT2D eigenvalue weighted by Gasteiger charge is 2.29. The molecule has 0 radical (unpaired) electrons. The van der Waals surface area contributed by atoms with Gasteiger partial charge in [-0.3, -0.25) is 4.79 Å². The summed E-state index contributed by atoms with van der Waals surface area (Å²) in [6, 6.07) is -0.615. The van der Waals surface area contributed by atoms with Crippen LogP contribution in [0.3, 0.4) is 0 Å². The molecule has 0 spiro atoms. The number of rotatable bonds is 3. The minimum atomic E-state index is -3.53. The van der Waals surface area contributed by atoms with Crippen LogP contribution in [-0.4, -0.2) is 44.3 Å². The van der Waals surface area contributed by atoms with Gasteiger partial charge in [0.2, 0.25) is 5.91 Å². The molecule has 1 amide bonds. The van der Waals surface area contributed by atoms with Gasteiger partial charge in [-0.2, -0.15) is 17.4 Å². The molecule has 2 aliphatic heterocycles. The third kappa shape index (κ3) is 4.15. The predicted octanol–water partition coefficient (Wildman–Crippen LogP) is 0.366. The maximum absolute atomic E-state index is 12.3. The van der Waals surface area contributed by atoms with Gasteiger partial charge in [0.25, 0.3) is 10.2 Å². The van der Waals surface area contributed by atoms with Crippen LogP contribution >= 0.6 is 0 Å². The normalized spacial score (nSPS) is 27.4. The first kappa shape index (κ1) is 14.7. The number of carbonyl (C=O) groups excluding carboxylic acids is 1. The van der Waals surface area contributed by atoms with Crippen molar-refractivity contribution in [1.29, 1.82) is 0 Å². The summed E-state index contributed by atoms with van der Waals surface area (Å²) in [7, 11) is -3.53. The van der Waals surface area contributed by atoms with Crippen LogP contribution in [0.25, 0.3) is 0 Å². The van der Waals surface area contributed by atoms with Crippen LogP contribution < -0.4 is 10.0 Å². The van der Waals surface area contributed by atoms with Gasteiger partial charge in [-0.1, -0.05) is 12.8 Å². The summed E-state index contributed by atoms with van der Waals surface area (Å²) >= 11 is 0. The number of nitrogens with zero attached hydrogens (tertiary/aromatic N) is 1. The lowest BCUT2D eigenvalue weighted by Crippen LogP contribution is -2.50. The highest BCUT2D eigenvalue weighted by Crippen LogP contribution is 2.14. The Morgan fingerprint density at radius 3 is 2.42 bits per heavy atom. The first-order valence-electron chi connectivity index (χ1n) is 7.15. The van der Waals surface area contributed by atoms with Crippen molar-refractivity contribution in [3.63, 3.8) is 0 Å². The van der Waals surface area contributed by atoms with E-state index in [0.717, 1.165) is 38.5 Å². The standard InChI is InChI=1S/C12H23N3O3S/c16-12-11(7-3-4-8-13-12)14-19(17,18)15-9-5-1-2-6-10-15/h11,14H,1-10H2,(H,13,16). The van der Waals surface area contributed by atoms with E-state index in [9.17, 15) is 13.2 Å². The monoisotopic (exact) mass is 289 g/mol. The van der Waals surface area contributed by atoms with Gasteiger partial charge in [-0.05, 0) is 32.1 Å². The van der Waals surface area contributed by atoms with Crippen LogP contribution in [0.1, 0.15) is 44.9 Å². The fraction of sp³-hybridized carbons (Fsp3) is 0.917. The van der Waals surface area contributed by atoms with E-state index in [2.05, 4.69) is 10.0 Å². The zero-order chi connectivity index (χ0) is 13.7. The Hall–Kier alpha value is -0.660. The molecular weight excluding hydrogens is 266 g/mol. The summed E-state index contributed by atoms with van der Waals surface area (Å²) in [6.07, 6.45) is 6.32. The predicted molar refractivity (Wildman–Crippen MR) is 72.7 cm³/mol. The Morgan fingerprint density at radius 2 is 1.74 bits per heavy atom. The average Bonchev–Trinajstić information content (AvgIpc) is 2.74. The lowest BCUT2D eigenvalue weighted by Gasteiger charge is -2.23. The van der Waals surface area contributed by atoms with Crippen molar-refractivity contribution >= 4 is 16.1 Å². The molecule has 1 unspecified atom stereocenters. The van der Waals surface area contributed by atoms with E-state index in [1.165, 1.54) is 4.31 Å². The summed E-state index contributed by atoms with van der Waals surface area (Å²) in [5.41, 5.74) is 0. The number of amides is 1. The van der Waals surface area contributed by atoms with Crippen molar-refractivity contribution in [2.45, 2.75) is 51.0 Å². The molecule has 2 fully saturated rings. The molecule has 0 aliphatic carbocycles. The highest BCUT2D eigenvalue weighted by molar-refractivity contribution is 7.87. The molecule has 1 atom stereocenters. The Kier molecular flexibility index (Phi) is 5.18. The molecule has 0 saturated carbocycles. The molecule has 2 aliphatic rings. The second kappa shape index (κ2) is 6.67. The van der Waals surface area contributed by atoms with Crippen molar-refractivity contribution < 1.29 is 13.2 Å². The quantitative estimate of drug-likeness (QED) is 0.787. The van der Waals surface area contributed by atoms with E-state index in [1.54, 1.807) is 0 Å². The highest BCUT2D eigenvalue weighted by atomic mass is 32.2. The van der Waals surface area contributed by atoms with E-state index in [-0.39, 0.29) is 5.91 Å². The molecule has 2 heterocycles. The van der Waals surface area contributed by atoms with Crippen LogP contribution in [-0.2, 0) is 15.0 Å². The van der Waals surface area contributed by atoms with Gasteiger partial charge in [-0.15, -0.1) is 0 Å². The topological polar surface area (TPSA) is 78.5 Å². The van der Waals surface area contributed by atoms with Crippen LogP contribution in [0.15, 0.2) is 0 Å². The maximum Gasteiger partial charge on any atom is 0.280 e. The molecule has 19 heavy (non-hydrogen) atoms. The van der Waals surface area contributed by atoms with E-state index >= 15 is 0 Å². The molecular formula is C12H23N3O3S. The molecule has 6 nitrogen and oxygen atoms in total. The molecule has 0 aromatic carbocycles. The third-order valence-electron chi connectivity index (χ3n) is 3.73. The lowest BCUT2D eigenvalue weighted by atomic mass is 10.1. The molecule has 0 aromatic heterocycles. The van der Waals surface area contributed by atoms with Crippen LogP contribution in [0.5, 0.6) is 0 Å². The average molecular weight is 289 g/mol. The van der Waals surface area contributed by atoms with E-state index < -0.39 is 16.3 Å². The van der Waals surface area contributed by atoms with Gasteiger partial charge in [0.05, 0.1) is 0 Å². The van der Waals surface area contributed by atoms with Gasteiger partial charge in [0.1, 0.15) is 6.04 Å². The molecule has 2 saturated heterocycles. The van der Waals surface area contributed by atoms with Crippen LogP contribution in [0.4, 0.5) is 0 Å². The van der Waals surface area contributed by atoms with Crippen molar-refractivity contribution in [2.75, 3.05) is 19.6 Å². The minimum Gasteiger partial charge on any atom is -0.355 e. The van der Waals surface area contributed by atoms with Gasteiger partial charge < -0.3 is 5.32 Å². The Morgan fingerprint density at radius 1 is 1.05 bits per heavy atom. The SMILES string of the molecule is O=C1NCCCCC1NS(=O)(=O)N1CCCCCC1. The van der Waals surface area contributed by atoms with Crippen molar-refractivity contribution in [2.24, 2.45) is 0 Å².